The molecule has 3 aliphatic heterocycles. The van der Waals surface area contributed by atoms with Crippen molar-refractivity contribution < 1.29 is 9.47 Å². The second-order valence-corrected chi connectivity index (χ2v) is 12.1. The number of benzene rings is 2. The summed E-state index contributed by atoms with van der Waals surface area (Å²) in [7, 11) is 3.43. The van der Waals surface area contributed by atoms with Crippen LogP contribution < -0.4 is 9.47 Å². The predicted molar refractivity (Wildman–Crippen MR) is 155 cm³/mol. The lowest BCUT2D eigenvalue weighted by atomic mass is 9.72. The summed E-state index contributed by atoms with van der Waals surface area (Å²) >= 11 is 10.3. The van der Waals surface area contributed by atoms with Gasteiger partial charge < -0.3 is 14.4 Å². The Morgan fingerprint density at radius 2 is 1.61 bits per heavy atom. The maximum Gasteiger partial charge on any atom is 0.161 e. The van der Waals surface area contributed by atoms with Crippen LogP contribution in [0.25, 0.3) is 0 Å². The summed E-state index contributed by atoms with van der Waals surface area (Å²) in [6, 6.07) is 10.0. The molecule has 2 aromatic carbocycles. The maximum atomic E-state index is 5.71. The Kier molecular flexibility index (Phi) is 7.58. The molecule has 194 valence electrons. The molecule has 3 aliphatic rings. The van der Waals surface area contributed by atoms with E-state index in [1.54, 1.807) is 25.3 Å². The molecule has 0 bridgehead atoms. The van der Waals surface area contributed by atoms with Crippen LogP contribution in [-0.2, 0) is 12.8 Å². The van der Waals surface area contributed by atoms with E-state index in [9.17, 15) is 0 Å². The van der Waals surface area contributed by atoms with Crippen molar-refractivity contribution in [2.24, 2.45) is 11.8 Å². The van der Waals surface area contributed by atoms with Gasteiger partial charge in [-0.15, -0.1) is 12.6 Å². The molecule has 0 spiro atoms. The van der Waals surface area contributed by atoms with Crippen molar-refractivity contribution in [1.82, 2.24) is 9.80 Å². The van der Waals surface area contributed by atoms with Crippen molar-refractivity contribution in [1.29, 1.82) is 0 Å². The van der Waals surface area contributed by atoms with E-state index in [1.165, 1.54) is 54.6 Å². The minimum absolute atomic E-state index is 0.215. The summed E-state index contributed by atoms with van der Waals surface area (Å²) in [5.41, 5.74) is 8.63. The largest absolute Gasteiger partial charge is 0.493 e. The molecule has 0 aliphatic carbocycles. The highest BCUT2D eigenvalue weighted by molar-refractivity contribution is 8.10. The Bertz CT molecular complexity index is 1150. The maximum absolute atomic E-state index is 5.71. The Morgan fingerprint density at radius 1 is 0.944 bits per heavy atom. The van der Waals surface area contributed by atoms with Gasteiger partial charge >= 0.3 is 0 Å². The summed E-state index contributed by atoms with van der Waals surface area (Å²) in [5.74, 6) is 2.91. The molecule has 4 nitrogen and oxygen atoms in total. The summed E-state index contributed by atoms with van der Waals surface area (Å²) in [4.78, 5) is 5.11. The van der Waals surface area contributed by atoms with Crippen LogP contribution in [-0.4, -0.2) is 48.0 Å². The van der Waals surface area contributed by atoms with Crippen molar-refractivity contribution in [3.05, 3.63) is 57.6 Å². The standard InChI is InChI=1S/C30H40N2O2S2/c1-6-20-17-31-9-7-21-11-18(2)19(3)12-24(21)26(31)13-23(20)14-27-25-16-29(34-5)28(33-4)15-22(25)8-10-32(27)30(35)36/h11-12,15-16,20,23,26-27H,6-10,13-14,17H2,1-5H3,(H,35,36). The first-order valence-electron chi connectivity index (χ1n) is 13.4. The smallest absolute Gasteiger partial charge is 0.161 e. The normalized spacial score (nSPS) is 25.6. The van der Waals surface area contributed by atoms with E-state index in [0.29, 0.717) is 22.2 Å². The Labute approximate surface area is 227 Å². The van der Waals surface area contributed by atoms with E-state index in [2.05, 4.69) is 67.5 Å². The van der Waals surface area contributed by atoms with Gasteiger partial charge in [0.2, 0.25) is 0 Å². The van der Waals surface area contributed by atoms with Gasteiger partial charge in [0.05, 0.1) is 20.3 Å². The third-order valence-corrected chi connectivity index (χ3v) is 9.68. The molecule has 1 fully saturated rings. The highest BCUT2D eigenvalue weighted by Gasteiger charge is 2.41. The van der Waals surface area contributed by atoms with E-state index in [-0.39, 0.29) is 6.04 Å². The van der Waals surface area contributed by atoms with E-state index in [4.69, 9.17) is 21.7 Å². The molecule has 1 saturated heterocycles. The number of ether oxygens (including phenoxy) is 2. The number of hydrogen-bond acceptors (Lipinski definition) is 4. The molecule has 4 unspecified atom stereocenters. The van der Waals surface area contributed by atoms with Crippen molar-refractivity contribution in [3.63, 3.8) is 0 Å². The van der Waals surface area contributed by atoms with Crippen LogP contribution in [0.1, 0.15) is 71.7 Å². The molecule has 0 radical (unpaired) electrons. The fraction of sp³-hybridized carbons (Fsp3) is 0.567. The molecule has 0 amide bonds. The number of thiol groups is 1. The zero-order valence-electron chi connectivity index (χ0n) is 22.3. The van der Waals surface area contributed by atoms with Crippen molar-refractivity contribution >= 4 is 29.2 Å². The molecule has 0 saturated carbocycles. The first kappa shape index (κ1) is 25.9. The zero-order valence-corrected chi connectivity index (χ0v) is 24.1. The third kappa shape index (κ3) is 4.65. The van der Waals surface area contributed by atoms with Crippen molar-refractivity contribution in [3.8, 4) is 11.5 Å². The van der Waals surface area contributed by atoms with Gasteiger partial charge in [0.1, 0.15) is 4.32 Å². The lowest BCUT2D eigenvalue weighted by Crippen LogP contribution is -2.47. The average molecular weight is 525 g/mol. The van der Waals surface area contributed by atoms with Gasteiger partial charge in [-0.1, -0.05) is 37.7 Å². The number of hydrogen-bond donors (Lipinski definition) is 1. The van der Waals surface area contributed by atoms with Gasteiger partial charge in [-0.2, -0.15) is 0 Å². The summed E-state index contributed by atoms with van der Waals surface area (Å²) < 4.78 is 12.0. The van der Waals surface area contributed by atoms with Gasteiger partial charge in [0.25, 0.3) is 0 Å². The monoisotopic (exact) mass is 524 g/mol. The molecule has 6 heteroatoms. The Hall–Kier alpha value is -1.76. The van der Waals surface area contributed by atoms with Crippen LogP contribution in [0.3, 0.4) is 0 Å². The number of nitrogens with zero attached hydrogens (tertiary/aromatic N) is 2. The van der Waals surface area contributed by atoms with E-state index in [1.807, 2.05) is 0 Å². The fourth-order valence-corrected chi connectivity index (χ4v) is 7.47. The van der Waals surface area contributed by atoms with Crippen LogP contribution in [0.5, 0.6) is 11.5 Å². The Balaban J connectivity index is 1.49. The Morgan fingerprint density at radius 3 is 2.31 bits per heavy atom. The molecular formula is C30H40N2O2S2. The van der Waals surface area contributed by atoms with Crippen LogP contribution in [0.4, 0.5) is 0 Å². The minimum atomic E-state index is 0.215. The average Bonchev–Trinajstić information content (AvgIpc) is 2.88. The predicted octanol–water partition coefficient (Wildman–Crippen LogP) is 6.47. The molecule has 0 aromatic heterocycles. The number of thiocarbonyl (C=S) groups is 1. The number of methoxy groups -OCH3 is 2. The molecular weight excluding hydrogens is 484 g/mol. The zero-order chi connectivity index (χ0) is 25.6. The van der Waals surface area contributed by atoms with Gasteiger partial charge in [-0.3, -0.25) is 4.90 Å². The highest BCUT2D eigenvalue weighted by Crippen LogP contribution is 2.48. The number of piperidine rings is 1. The van der Waals surface area contributed by atoms with Crippen molar-refractivity contribution in [2.45, 2.75) is 65.0 Å². The van der Waals surface area contributed by atoms with Gasteiger partial charge in [0.15, 0.2) is 11.5 Å². The first-order chi connectivity index (χ1) is 17.3. The molecule has 4 atom stereocenters. The number of fused-ring (bicyclic) bond motifs is 4. The minimum Gasteiger partial charge on any atom is -0.493 e. The van der Waals surface area contributed by atoms with E-state index >= 15 is 0 Å². The van der Waals surface area contributed by atoms with Crippen LogP contribution in [0.2, 0.25) is 0 Å². The van der Waals surface area contributed by atoms with Crippen LogP contribution >= 0.6 is 24.8 Å². The summed E-state index contributed by atoms with van der Waals surface area (Å²) in [6.07, 6.45) is 5.63. The third-order valence-electron chi connectivity index (χ3n) is 9.18. The van der Waals surface area contributed by atoms with E-state index in [0.717, 1.165) is 30.9 Å². The lowest BCUT2D eigenvalue weighted by molar-refractivity contribution is 0.0382. The van der Waals surface area contributed by atoms with Crippen LogP contribution in [0.15, 0.2) is 24.3 Å². The highest BCUT2D eigenvalue weighted by atomic mass is 32.1. The van der Waals surface area contributed by atoms with E-state index < -0.39 is 0 Å². The number of rotatable bonds is 5. The second kappa shape index (κ2) is 10.5. The topological polar surface area (TPSA) is 24.9 Å². The molecule has 36 heavy (non-hydrogen) atoms. The van der Waals surface area contributed by atoms with Crippen molar-refractivity contribution in [2.75, 3.05) is 33.9 Å². The second-order valence-electron chi connectivity index (χ2n) is 10.9. The number of aryl methyl sites for hydroxylation is 2. The SMILES string of the molecule is CCC1CN2CCc3cc(C)c(C)cc3C2CC1CC1c2cc(OC)c(OC)cc2CCN1C(=S)S. The summed E-state index contributed by atoms with van der Waals surface area (Å²) in [5, 5.41) is 0. The molecule has 3 heterocycles. The summed E-state index contributed by atoms with van der Waals surface area (Å²) in [6.45, 7) is 10.1. The molecule has 5 rings (SSSR count). The van der Waals surface area contributed by atoms with Gasteiger partial charge in [-0.05, 0) is 96.9 Å². The molecule has 0 N–H and O–H groups in total. The fourth-order valence-electron chi connectivity index (χ4n) is 7.01. The lowest BCUT2D eigenvalue weighted by Gasteiger charge is -2.49. The first-order valence-corrected chi connectivity index (χ1v) is 14.3. The van der Waals surface area contributed by atoms with Gasteiger partial charge in [0, 0.05) is 25.7 Å². The molecule has 2 aromatic rings. The quantitative estimate of drug-likeness (QED) is 0.357. The van der Waals surface area contributed by atoms with Gasteiger partial charge in [-0.25, -0.2) is 0 Å². The van der Waals surface area contributed by atoms with Crippen LogP contribution in [0, 0.1) is 25.7 Å².